The van der Waals surface area contributed by atoms with Crippen LogP contribution < -0.4 is 0 Å². The molecule has 0 N–H and O–H groups in total. The van der Waals surface area contributed by atoms with Gasteiger partial charge in [0.05, 0.1) is 5.69 Å². The van der Waals surface area contributed by atoms with Crippen molar-refractivity contribution in [1.82, 2.24) is 15.0 Å². The van der Waals surface area contributed by atoms with Crippen molar-refractivity contribution in [3.05, 3.63) is 11.9 Å². The van der Waals surface area contributed by atoms with E-state index in [4.69, 9.17) is 0 Å². The molecule has 0 unspecified atom stereocenters. The molecule has 0 atom stereocenters. The van der Waals surface area contributed by atoms with Gasteiger partial charge in [0, 0.05) is 18.7 Å². The van der Waals surface area contributed by atoms with E-state index in [1.807, 2.05) is 4.68 Å². The Hall–Kier alpha value is -0.860. The minimum atomic E-state index is 0.699. The van der Waals surface area contributed by atoms with Gasteiger partial charge >= 0.3 is 0 Å². The highest BCUT2D eigenvalue weighted by atomic mass is 15.4. The maximum Gasteiger partial charge on any atom is 0.0857 e. The highest BCUT2D eigenvalue weighted by molar-refractivity contribution is 5.03. The van der Waals surface area contributed by atoms with Gasteiger partial charge in [-0.25, -0.2) is 0 Å². The van der Waals surface area contributed by atoms with Crippen LogP contribution >= 0.6 is 0 Å². The monoisotopic (exact) mass is 193 g/mol. The number of rotatable bonds is 4. The van der Waals surface area contributed by atoms with Gasteiger partial charge in [0.15, 0.2) is 0 Å². The molecule has 14 heavy (non-hydrogen) atoms. The fourth-order valence-electron chi connectivity index (χ4n) is 2.15. The molecule has 0 bridgehead atoms. The first-order chi connectivity index (χ1) is 6.90. The van der Waals surface area contributed by atoms with E-state index < -0.39 is 0 Å². The van der Waals surface area contributed by atoms with Crippen molar-refractivity contribution < 1.29 is 0 Å². The van der Waals surface area contributed by atoms with Gasteiger partial charge in [0.2, 0.25) is 0 Å². The van der Waals surface area contributed by atoms with E-state index in [0.29, 0.717) is 5.92 Å². The summed E-state index contributed by atoms with van der Waals surface area (Å²) in [6.07, 6.45) is 9.93. The van der Waals surface area contributed by atoms with Crippen LogP contribution in [0.15, 0.2) is 6.20 Å². The van der Waals surface area contributed by atoms with Gasteiger partial charge in [-0.15, -0.1) is 5.10 Å². The van der Waals surface area contributed by atoms with Crippen LogP contribution in [-0.4, -0.2) is 15.0 Å². The Morgan fingerprint density at radius 3 is 2.93 bits per heavy atom. The molecule has 1 aromatic heterocycles. The van der Waals surface area contributed by atoms with Crippen LogP contribution in [0.25, 0.3) is 0 Å². The van der Waals surface area contributed by atoms with Crippen molar-refractivity contribution in [2.75, 3.05) is 0 Å². The zero-order valence-corrected chi connectivity index (χ0v) is 8.95. The second-order valence-corrected chi connectivity index (χ2v) is 4.24. The van der Waals surface area contributed by atoms with Gasteiger partial charge in [0.25, 0.3) is 0 Å². The molecule has 1 aliphatic rings. The molecule has 0 aliphatic heterocycles. The van der Waals surface area contributed by atoms with Gasteiger partial charge in [0.1, 0.15) is 0 Å². The Morgan fingerprint density at radius 2 is 2.21 bits per heavy atom. The molecule has 1 heterocycles. The van der Waals surface area contributed by atoms with Crippen molar-refractivity contribution in [3.63, 3.8) is 0 Å². The summed E-state index contributed by atoms with van der Waals surface area (Å²) in [6, 6.07) is 0. The molecule has 0 radical (unpaired) electrons. The lowest BCUT2D eigenvalue weighted by Crippen LogP contribution is -1.97. The van der Waals surface area contributed by atoms with E-state index >= 15 is 0 Å². The molecule has 1 aliphatic carbocycles. The quantitative estimate of drug-likeness (QED) is 0.736. The standard InChI is InChI=1S/C11H19N3/c1-2-3-8-14-9-11(12-13-14)10-6-4-5-7-10/h9-10H,2-8H2,1H3. The molecule has 0 aromatic carbocycles. The van der Waals surface area contributed by atoms with Crippen LogP contribution in [0.3, 0.4) is 0 Å². The number of unbranched alkanes of at least 4 members (excludes halogenated alkanes) is 1. The van der Waals surface area contributed by atoms with Crippen molar-refractivity contribution in [1.29, 1.82) is 0 Å². The summed E-state index contributed by atoms with van der Waals surface area (Å²) in [5.74, 6) is 0.699. The van der Waals surface area contributed by atoms with Crippen molar-refractivity contribution in [3.8, 4) is 0 Å². The Morgan fingerprint density at radius 1 is 1.43 bits per heavy atom. The molecule has 1 saturated carbocycles. The van der Waals surface area contributed by atoms with Crippen LogP contribution in [0.4, 0.5) is 0 Å². The van der Waals surface area contributed by atoms with Crippen LogP contribution in [-0.2, 0) is 6.54 Å². The van der Waals surface area contributed by atoms with Gasteiger partial charge in [-0.05, 0) is 19.3 Å². The fraction of sp³-hybridized carbons (Fsp3) is 0.818. The molecule has 1 fully saturated rings. The predicted molar refractivity (Wildman–Crippen MR) is 56.1 cm³/mol. The number of hydrogen-bond donors (Lipinski definition) is 0. The topological polar surface area (TPSA) is 30.7 Å². The van der Waals surface area contributed by atoms with E-state index in [9.17, 15) is 0 Å². The lowest BCUT2D eigenvalue weighted by Gasteiger charge is -2.01. The summed E-state index contributed by atoms with van der Waals surface area (Å²) >= 11 is 0. The fourth-order valence-corrected chi connectivity index (χ4v) is 2.15. The van der Waals surface area contributed by atoms with Crippen molar-refractivity contribution in [2.24, 2.45) is 0 Å². The zero-order valence-electron chi connectivity index (χ0n) is 8.95. The summed E-state index contributed by atoms with van der Waals surface area (Å²) in [7, 11) is 0. The normalized spacial score (nSPS) is 17.8. The molecule has 0 amide bonds. The molecular formula is C11H19N3. The second-order valence-electron chi connectivity index (χ2n) is 4.24. The van der Waals surface area contributed by atoms with E-state index in [2.05, 4.69) is 23.4 Å². The summed E-state index contributed by atoms with van der Waals surface area (Å²) in [5.41, 5.74) is 1.22. The Balaban J connectivity index is 1.94. The summed E-state index contributed by atoms with van der Waals surface area (Å²) in [4.78, 5) is 0. The van der Waals surface area contributed by atoms with E-state index in [1.54, 1.807) is 0 Å². The van der Waals surface area contributed by atoms with Gasteiger partial charge < -0.3 is 0 Å². The Kier molecular flexibility index (Phi) is 3.17. The third-order valence-electron chi connectivity index (χ3n) is 3.07. The maximum atomic E-state index is 4.26. The number of aromatic nitrogens is 3. The first-order valence-electron chi connectivity index (χ1n) is 5.80. The number of hydrogen-bond acceptors (Lipinski definition) is 2. The largest absolute Gasteiger partial charge is 0.252 e. The number of nitrogens with zero attached hydrogens (tertiary/aromatic N) is 3. The van der Waals surface area contributed by atoms with E-state index in [1.165, 1.54) is 44.2 Å². The van der Waals surface area contributed by atoms with Crippen LogP contribution in [0.5, 0.6) is 0 Å². The molecule has 0 spiro atoms. The van der Waals surface area contributed by atoms with Crippen LogP contribution in [0, 0.1) is 0 Å². The average Bonchev–Trinajstić information content (AvgIpc) is 2.85. The zero-order chi connectivity index (χ0) is 9.80. The van der Waals surface area contributed by atoms with Crippen molar-refractivity contribution >= 4 is 0 Å². The third kappa shape index (κ3) is 2.14. The average molecular weight is 193 g/mol. The van der Waals surface area contributed by atoms with Gasteiger partial charge in [-0.1, -0.05) is 31.4 Å². The lowest BCUT2D eigenvalue weighted by molar-refractivity contribution is 0.552. The van der Waals surface area contributed by atoms with Crippen LogP contribution in [0.1, 0.15) is 57.1 Å². The number of aryl methyl sites for hydroxylation is 1. The molecule has 1 aromatic rings. The first-order valence-corrected chi connectivity index (χ1v) is 5.80. The third-order valence-corrected chi connectivity index (χ3v) is 3.07. The molecular weight excluding hydrogens is 174 g/mol. The molecule has 2 rings (SSSR count). The van der Waals surface area contributed by atoms with E-state index in [0.717, 1.165) is 6.54 Å². The SMILES string of the molecule is CCCCn1cc(C2CCCC2)nn1. The molecule has 78 valence electrons. The van der Waals surface area contributed by atoms with Crippen molar-refractivity contribution in [2.45, 2.75) is 57.9 Å². The van der Waals surface area contributed by atoms with Gasteiger partial charge in [-0.2, -0.15) is 0 Å². The highest BCUT2D eigenvalue weighted by Gasteiger charge is 2.19. The Bertz CT molecular complexity index is 274. The minimum absolute atomic E-state index is 0.699. The minimum Gasteiger partial charge on any atom is -0.252 e. The Labute approximate surface area is 85.5 Å². The lowest BCUT2D eigenvalue weighted by atomic mass is 10.1. The summed E-state index contributed by atoms with van der Waals surface area (Å²) < 4.78 is 2.00. The molecule has 3 heteroatoms. The predicted octanol–water partition coefficient (Wildman–Crippen LogP) is 2.74. The highest BCUT2D eigenvalue weighted by Crippen LogP contribution is 2.32. The van der Waals surface area contributed by atoms with Gasteiger partial charge in [-0.3, -0.25) is 4.68 Å². The summed E-state index contributed by atoms with van der Waals surface area (Å²) in [5, 5.41) is 8.43. The van der Waals surface area contributed by atoms with E-state index in [-0.39, 0.29) is 0 Å². The summed E-state index contributed by atoms with van der Waals surface area (Å²) in [6.45, 7) is 3.23. The second kappa shape index (κ2) is 4.58. The molecule has 0 saturated heterocycles. The maximum absolute atomic E-state index is 4.26. The molecule has 3 nitrogen and oxygen atoms in total. The smallest absolute Gasteiger partial charge is 0.0857 e. The first kappa shape index (κ1) is 9.69. The van der Waals surface area contributed by atoms with Crippen LogP contribution in [0.2, 0.25) is 0 Å².